The van der Waals surface area contributed by atoms with Crippen molar-refractivity contribution in [2.24, 2.45) is 5.92 Å². The predicted molar refractivity (Wildman–Crippen MR) is 51.3 cm³/mol. The van der Waals surface area contributed by atoms with Gasteiger partial charge < -0.3 is 15.2 Å². The molecule has 0 heterocycles. The third-order valence-electron chi connectivity index (χ3n) is 1.77. The molecule has 0 rings (SSSR count). The zero-order valence-electron chi connectivity index (χ0n) is 9.21. The molecule has 0 saturated heterocycles. The van der Waals surface area contributed by atoms with Gasteiger partial charge in [0, 0.05) is 13.0 Å². The van der Waals surface area contributed by atoms with Gasteiger partial charge in [0.1, 0.15) is 6.61 Å². The number of nitrogens with one attached hydrogen (secondary N) is 1. The number of hydrogen-bond acceptors (Lipinski definition) is 3. The summed E-state index contributed by atoms with van der Waals surface area (Å²) in [5, 5.41) is 10.8. The molecular formula is C9H14F3NO4. The Hall–Kier alpha value is -1.31. The summed E-state index contributed by atoms with van der Waals surface area (Å²) in [6.07, 6.45) is -4.64. The van der Waals surface area contributed by atoms with E-state index in [9.17, 15) is 22.8 Å². The van der Waals surface area contributed by atoms with E-state index in [-0.39, 0.29) is 19.6 Å². The summed E-state index contributed by atoms with van der Waals surface area (Å²) >= 11 is 0. The SMILES string of the molecule is CC(CNC(=O)CCOCC(F)(F)F)C(=O)O. The third kappa shape index (κ3) is 9.61. The molecule has 1 unspecified atom stereocenters. The lowest BCUT2D eigenvalue weighted by atomic mass is 10.2. The predicted octanol–water partition coefficient (Wildman–Crippen LogP) is 0.792. The van der Waals surface area contributed by atoms with Crippen LogP contribution in [0.1, 0.15) is 13.3 Å². The molecule has 0 aromatic heterocycles. The summed E-state index contributed by atoms with van der Waals surface area (Å²) < 4.78 is 39.1. The summed E-state index contributed by atoms with van der Waals surface area (Å²) in [4.78, 5) is 21.4. The number of ether oxygens (including phenoxy) is 1. The van der Waals surface area contributed by atoms with Gasteiger partial charge in [-0.1, -0.05) is 6.92 Å². The molecule has 0 fully saturated rings. The van der Waals surface area contributed by atoms with Gasteiger partial charge in [-0.15, -0.1) is 0 Å². The van der Waals surface area contributed by atoms with Crippen LogP contribution >= 0.6 is 0 Å². The number of aliphatic carboxylic acids is 1. The van der Waals surface area contributed by atoms with Crippen molar-refractivity contribution in [3.63, 3.8) is 0 Å². The van der Waals surface area contributed by atoms with Crippen LogP contribution in [0.4, 0.5) is 13.2 Å². The molecule has 0 aliphatic heterocycles. The highest BCUT2D eigenvalue weighted by Crippen LogP contribution is 2.14. The summed E-state index contributed by atoms with van der Waals surface area (Å²) in [6.45, 7) is -0.408. The zero-order chi connectivity index (χ0) is 13.5. The first-order valence-electron chi connectivity index (χ1n) is 4.86. The van der Waals surface area contributed by atoms with Crippen LogP contribution < -0.4 is 5.32 Å². The Morgan fingerprint density at radius 1 is 1.41 bits per heavy atom. The zero-order valence-corrected chi connectivity index (χ0v) is 9.21. The first-order chi connectivity index (χ1) is 7.72. The lowest BCUT2D eigenvalue weighted by Gasteiger charge is -2.09. The smallest absolute Gasteiger partial charge is 0.411 e. The number of halogens is 3. The van der Waals surface area contributed by atoms with Gasteiger partial charge in [0.2, 0.25) is 5.91 Å². The Morgan fingerprint density at radius 2 is 2.00 bits per heavy atom. The van der Waals surface area contributed by atoms with Crippen LogP contribution in [0.3, 0.4) is 0 Å². The second-order valence-electron chi connectivity index (χ2n) is 3.46. The Bertz CT molecular complexity index is 267. The molecule has 0 aliphatic carbocycles. The molecule has 1 amide bonds. The summed E-state index contributed by atoms with van der Waals surface area (Å²) in [7, 11) is 0. The summed E-state index contributed by atoms with van der Waals surface area (Å²) in [5.41, 5.74) is 0. The third-order valence-corrected chi connectivity index (χ3v) is 1.77. The monoisotopic (exact) mass is 257 g/mol. The highest BCUT2D eigenvalue weighted by Gasteiger charge is 2.27. The largest absolute Gasteiger partial charge is 0.481 e. The minimum Gasteiger partial charge on any atom is -0.481 e. The van der Waals surface area contributed by atoms with E-state index in [0.717, 1.165) is 0 Å². The quantitative estimate of drug-likeness (QED) is 0.661. The molecule has 0 aromatic rings. The lowest BCUT2D eigenvalue weighted by molar-refractivity contribution is -0.174. The molecular weight excluding hydrogens is 243 g/mol. The van der Waals surface area contributed by atoms with Crippen LogP contribution in [0.15, 0.2) is 0 Å². The number of carbonyl (C=O) groups is 2. The van der Waals surface area contributed by atoms with E-state index in [2.05, 4.69) is 10.1 Å². The molecule has 0 aromatic carbocycles. The van der Waals surface area contributed by atoms with E-state index >= 15 is 0 Å². The highest BCUT2D eigenvalue weighted by atomic mass is 19.4. The molecule has 5 nitrogen and oxygen atoms in total. The van der Waals surface area contributed by atoms with Crippen LogP contribution in [0.25, 0.3) is 0 Å². The van der Waals surface area contributed by atoms with E-state index < -0.39 is 30.6 Å². The van der Waals surface area contributed by atoms with Crippen LogP contribution in [-0.4, -0.2) is 42.9 Å². The van der Waals surface area contributed by atoms with Gasteiger partial charge >= 0.3 is 12.1 Å². The molecule has 0 bridgehead atoms. The van der Waals surface area contributed by atoms with Gasteiger partial charge in [-0.2, -0.15) is 13.2 Å². The summed E-state index contributed by atoms with van der Waals surface area (Å²) in [5.74, 6) is -2.34. The molecule has 0 radical (unpaired) electrons. The molecule has 0 aliphatic rings. The molecule has 100 valence electrons. The van der Waals surface area contributed by atoms with Gasteiger partial charge in [0.25, 0.3) is 0 Å². The van der Waals surface area contributed by atoms with Crippen molar-refractivity contribution < 1.29 is 32.6 Å². The number of hydrogen-bond donors (Lipinski definition) is 2. The number of alkyl halides is 3. The van der Waals surface area contributed by atoms with Crippen molar-refractivity contribution in [3.05, 3.63) is 0 Å². The van der Waals surface area contributed by atoms with Crippen molar-refractivity contribution in [2.45, 2.75) is 19.5 Å². The number of carboxylic acids is 1. The molecule has 0 saturated carbocycles. The van der Waals surface area contributed by atoms with Gasteiger partial charge in [0.05, 0.1) is 12.5 Å². The van der Waals surface area contributed by atoms with Gasteiger partial charge in [-0.05, 0) is 0 Å². The normalized spacial score (nSPS) is 13.2. The number of rotatable bonds is 7. The lowest BCUT2D eigenvalue weighted by Crippen LogP contribution is -2.32. The van der Waals surface area contributed by atoms with Crippen LogP contribution in [0.2, 0.25) is 0 Å². The Kier molecular flexibility index (Phi) is 6.55. The minimum absolute atomic E-state index is 0.0621. The fourth-order valence-electron chi connectivity index (χ4n) is 0.795. The molecule has 1 atom stereocenters. The highest BCUT2D eigenvalue weighted by molar-refractivity contribution is 5.77. The van der Waals surface area contributed by atoms with E-state index in [1.54, 1.807) is 0 Å². The first-order valence-corrected chi connectivity index (χ1v) is 4.86. The second kappa shape index (κ2) is 7.10. The standard InChI is InChI=1S/C9H14F3NO4/c1-6(8(15)16)4-13-7(14)2-3-17-5-9(10,11)12/h6H,2-5H2,1H3,(H,13,14)(H,15,16). The van der Waals surface area contributed by atoms with E-state index in [1.165, 1.54) is 6.92 Å². The maximum Gasteiger partial charge on any atom is 0.411 e. The van der Waals surface area contributed by atoms with E-state index in [1.807, 2.05) is 0 Å². The van der Waals surface area contributed by atoms with Crippen molar-refractivity contribution in [3.8, 4) is 0 Å². The Balaban J connectivity index is 3.57. The van der Waals surface area contributed by atoms with Crippen LogP contribution in [-0.2, 0) is 14.3 Å². The molecule has 2 N–H and O–H groups in total. The second-order valence-corrected chi connectivity index (χ2v) is 3.46. The molecule has 8 heteroatoms. The minimum atomic E-state index is -4.41. The number of carboxylic acid groups (broad SMARTS) is 1. The topological polar surface area (TPSA) is 75.6 Å². The Labute approximate surface area is 95.9 Å². The average molecular weight is 257 g/mol. The number of carbonyl (C=O) groups excluding carboxylic acids is 1. The Morgan fingerprint density at radius 3 is 2.47 bits per heavy atom. The van der Waals surface area contributed by atoms with Gasteiger partial charge in [-0.3, -0.25) is 9.59 Å². The fraction of sp³-hybridized carbons (Fsp3) is 0.778. The van der Waals surface area contributed by atoms with Crippen molar-refractivity contribution >= 4 is 11.9 Å². The fourth-order valence-corrected chi connectivity index (χ4v) is 0.795. The molecule has 17 heavy (non-hydrogen) atoms. The van der Waals surface area contributed by atoms with E-state index in [0.29, 0.717) is 0 Å². The first kappa shape index (κ1) is 15.7. The van der Waals surface area contributed by atoms with Crippen molar-refractivity contribution in [2.75, 3.05) is 19.8 Å². The maximum atomic E-state index is 11.6. The van der Waals surface area contributed by atoms with Gasteiger partial charge in [-0.25, -0.2) is 0 Å². The van der Waals surface area contributed by atoms with Crippen LogP contribution in [0.5, 0.6) is 0 Å². The number of amides is 1. The van der Waals surface area contributed by atoms with Crippen LogP contribution in [0, 0.1) is 5.92 Å². The maximum absolute atomic E-state index is 11.6. The van der Waals surface area contributed by atoms with E-state index in [4.69, 9.17) is 5.11 Å². The summed E-state index contributed by atoms with van der Waals surface area (Å²) in [6, 6.07) is 0. The molecule has 0 spiro atoms. The van der Waals surface area contributed by atoms with Crippen molar-refractivity contribution in [1.29, 1.82) is 0 Å². The average Bonchev–Trinajstić information content (AvgIpc) is 2.19. The van der Waals surface area contributed by atoms with Gasteiger partial charge in [0.15, 0.2) is 0 Å². The van der Waals surface area contributed by atoms with Crippen molar-refractivity contribution in [1.82, 2.24) is 5.32 Å².